The highest BCUT2D eigenvalue weighted by Crippen LogP contribution is 2.29. The second-order valence-corrected chi connectivity index (χ2v) is 5.75. The molecule has 0 aromatic heterocycles. The molecule has 100 valence electrons. The molecular weight excluding hydrogens is 314 g/mol. The van der Waals surface area contributed by atoms with Gasteiger partial charge in [0.25, 0.3) is 5.91 Å². The van der Waals surface area contributed by atoms with E-state index in [-0.39, 0.29) is 0 Å². The largest absolute Gasteiger partial charge is 0.398 e. The van der Waals surface area contributed by atoms with Crippen LogP contribution in [0.2, 0.25) is 0 Å². The molecule has 1 amide bonds. The van der Waals surface area contributed by atoms with Crippen molar-refractivity contribution in [1.29, 1.82) is 0 Å². The number of amides is 1. The molecule has 6 heteroatoms. The van der Waals surface area contributed by atoms with Crippen LogP contribution in [0.25, 0.3) is 0 Å². The van der Waals surface area contributed by atoms with Gasteiger partial charge < -0.3 is 16.8 Å². The number of halogens is 1. The first-order valence-corrected chi connectivity index (χ1v) is 7.82. The summed E-state index contributed by atoms with van der Waals surface area (Å²) in [5, 5.41) is 3.39. The highest BCUT2D eigenvalue weighted by Gasteiger charge is 2.13. The van der Waals surface area contributed by atoms with Crippen LogP contribution in [0.5, 0.6) is 0 Å². The van der Waals surface area contributed by atoms with E-state index in [1.807, 2.05) is 0 Å². The molecular formula is C12H18BrN3OS. The minimum Gasteiger partial charge on any atom is -0.398 e. The second kappa shape index (κ2) is 6.89. The zero-order valence-corrected chi connectivity index (χ0v) is 12.9. The predicted molar refractivity (Wildman–Crippen MR) is 83.2 cm³/mol. The molecule has 1 atom stereocenters. The Hall–Kier alpha value is -0.880. The van der Waals surface area contributed by atoms with Gasteiger partial charge in [0.15, 0.2) is 0 Å². The molecule has 4 nitrogen and oxygen atoms in total. The van der Waals surface area contributed by atoms with Crippen LogP contribution in [-0.4, -0.2) is 24.0 Å². The van der Waals surface area contributed by atoms with Gasteiger partial charge >= 0.3 is 0 Å². The van der Waals surface area contributed by atoms with E-state index in [4.69, 9.17) is 11.5 Å². The fourth-order valence-corrected chi connectivity index (χ4v) is 2.79. The van der Waals surface area contributed by atoms with E-state index >= 15 is 0 Å². The lowest BCUT2D eigenvalue weighted by Gasteiger charge is -2.19. The number of rotatable bonds is 6. The van der Waals surface area contributed by atoms with E-state index in [1.165, 1.54) is 0 Å². The Morgan fingerprint density at radius 2 is 2.22 bits per heavy atom. The fraction of sp³-hybridized carbons (Fsp3) is 0.417. The van der Waals surface area contributed by atoms with E-state index in [0.717, 1.165) is 22.3 Å². The van der Waals surface area contributed by atoms with Crippen molar-refractivity contribution in [1.82, 2.24) is 0 Å². The lowest BCUT2D eigenvalue weighted by atomic mass is 10.1. The topological polar surface area (TPSA) is 81.1 Å². The molecule has 0 aliphatic rings. The lowest BCUT2D eigenvalue weighted by molar-refractivity contribution is 0.100. The van der Waals surface area contributed by atoms with Crippen LogP contribution < -0.4 is 16.8 Å². The maximum atomic E-state index is 11.3. The van der Waals surface area contributed by atoms with Gasteiger partial charge in [-0.3, -0.25) is 4.79 Å². The number of anilines is 2. The van der Waals surface area contributed by atoms with Gasteiger partial charge in [0.1, 0.15) is 0 Å². The molecule has 5 N–H and O–H groups in total. The summed E-state index contributed by atoms with van der Waals surface area (Å²) in [6.45, 7) is 2.12. The molecule has 0 aliphatic carbocycles. The summed E-state index contributed by atoms with van der Waals surface area (Å²) in [7, 11) is 0. The van der Waals surface area contributed by atoms with E-state index in [2.05, 4.69) is 34.4 Å². The van der Waals surface area contributed by atoms with Gasteiger partial charge in [-0.1, -0.05) is 6.92 Å². The Kier molecular flexibility index (Phi) is 5.81. The molecule has 0 bridgehead atoms. The van der Waals surface area contributed by atoms with Crippen LogP contribution in [0.15, 0.2) is 16.6 Å². The summed E-state index contributed by atoms with van der Waals surface area (Å²) >= 11 is 5.22. The zero-order chi connectivity index (χ0) is 13.7. The Morgan fingerprint density at radius 1 is 1.56 bits per heavy atom. The number of hydrogen-bond acceptors (Lipinski definition) is 4. The lowest BCUT2D eigenvalue weighted by Crippen LogP contribution is -2.22. The Labute approximate surface area is 120 Å². The van der Waals surface area contributed by atoms with Crippen molar-refractivity contribution in [2.75, 3.05) is 23.1 Å². The Balaban J connectivity index is 3.01. The quantitative estimate of drug-likeness (QED) is 0.700. The first-order valence-electron chi connectivity index (χ1n) is 5.63. The van der Waals surface area contributed by atoms with Gasteiger partial charge in [-0.25, -0.2) is 0 Å². The average Bonchev–Trinajstić information content (AvgIpc) is 2.31. The molecule has 1 rings (SSSR count). The number of nitrogens with two attached hydrogens (primary N) is 2. The molecule has 0 spiro atoms. The Bertz CT molecular complexity index is 440. The maximum Gasteiger partial charge on any atom is 0.250 e. The van der Waals surface area contributed by atoms with Gasteiger partial charge in [0.05, 0.1) is 5.56 Å². The van der Waals surface area contributed by atoms with Crippen LogP contribution in [0.3, 0.4) is 0 Å². The van der Waals surface area contributed by atoms with Gasteiger partial charge in [0.2, 0.25) is 0 Å². The molecule has 0 saturated heterocycles. The third kappa shape index (κ3) is 3.81. The monoisotopic (exact) mass is 331 g/mol. The van der Waals surface area contributed by atoms with Crippen molar-refractivity contribution in [3.63, 3.8) is 0 Å². The summed E-state index contributed by atoms with van der Waals surface area (Å²) in [4.78, 5) is 11.3. The minimum absolute atomic E-state index is 0.347. The SMILES string of the molecule is CCC(CSC)Nc1cc(C(N)=O)c(N)cc1Br. The number of nitrogen functional groups attached to an aromatic ring is 1. The van der Waals surface area contributed by atoms with E-state index in [9.17, 15) is 4.79 Å². The van der Waals surface area contributed by atoms with Crippen LogP contribution in [0, 0.1) is 0 Å². The van der Waals surface area contributed by atoms with Crippen molar-refractivity contribution in [3.8, 4) is 0 Å². The highest BCUT2D eigenvalue weighted by molar-refractivity contribution is 9.10. The number of primary amides is 1. The van der Waals surface area contributed by atoms with Crippen molar-refractivity contribution in [2.45, 2.75) is 19.4 Å². The molecule has 1 aromatic rings. The molecule has 0 fully saturated rings. The number of carbonyl (C=O) groups is 1. The molecule has 18 heavy (non-hydrogen) atoms. The summed E-state index contributed by atoms with van der Waals surface area (Å²) in [5.74, 6) is 0.486. The van der Waals surface area contributed by atoms with Gasteiger partial charge in [0, 0.05) is 27.6 Å². The minimum atomic E-state index is -0.513. The van der Waals surface area contributed by atoms with E-state index < -0.39 is 5.91 Å². The van der Waals surface area contributed by atoms with Gasteiger partial charge in [-0.15, -0.1) is 0 Å². The Morgan fingerprint density at radius 3 is 2.72 bits per heavy atom. The number of benzene rings is 1. The third-order valence-corrected chi connectivity index (χ3v) is 4.02. The summed E-state index contributed by atoms with van der Waals surface area (Å²) in [6, 6.07) is 3.75. The molecule has 0 heterocycles. The van der Waals surface area contributed by atoms with Gasteiger partial charge in [-0.05, 0) is 40.7 Å². The third-order valence-electron chi connectivity index (χ3n) is 2.62. The smallest absolute Gasteiger partial charge is 0.250 e. The first-order chi connectivity index (χ1) is 8.49. The molecule has 0 saturated carbocycles. The summed E-state index contributed by atoms with van der Waals surface area (Å²) in [5.41, 5.74) is 12.6. The average molecular weight is 332 g/mol. The molecule has 0 aliphatic heterocycles. The number of nitrogens with one attached hydrogen (secondary N) is 1. The second-order valence-electron chi connectivity index (χ2n) is 3.99. The van der Waals surface area contributed by atoms with Crippen LogP contribution in [0.4, 0.5) is 11.4 Å². The summed E-state index contributed by atoms with van der Waals surface area (Å²) in [6.07, 6.45) is 3.07. The molecule has 1 aromatic carbocycles. The number of carbonyl (C=O) groups excluding carboxylic acids is 1. The van der Waals surface area contributed by atoms with Crippen molar-refractivity contribution < 1.29 is 4.79 Å². The maximum absolute atomic E-state index is 11.3. The van der Waals surface area contributed by atoms with Crippen molar-refractivity contribution in [3.05, 3.63) is 22.2 Å². The zero-order valence-electron chi connectivity index (χ0n) is 10.5. The highest BCUT2D eigenvalue weighted by atomic mass is 79.9. The normalized spacial score (nSPS) is 12.2. The van der Waals surface area contributed by atoms with Crippen molar-refractivity contribution in [2.24, 2.45) is 5.73 Å². The van der Waals surface area contributed by atoms with Crippen LogP contribution in [0.1, 0.15) is 23.7 Å². The predicted octanol–water partition coefficient (Wildman–Crippen LogP) is 2.68. The molecule has 0 radical (unpaired) electrons. The summed E-state index contributed by atoms with van der Waals surface area (Å²) < 4.78 is 0.838. The molecule has 1 unspecified atom stereocenters. The van der Waals surface area contributed by atoms with Crippen molar-refractivity contribution >= 4 is 45.0 Å². The van der Waals surface area contributed by atoms with Crippen LogP contribution in [-0.2, 0) is 0 Å². The van der Waals surface area contributed by atoms with E-state index in [1.54, 1.807) is 23.9 Å². The van der Waals surface area contributed by atoms with Crippen LogP contribution >= 0.6 is 27.7 Å². The number of thioether (sulfide) groups is 1. The fourth-order valence-electron chi connectivity index (χ4n) is 1.60. The standard InChI is InChI=1S/C12H18BrN3OS/c1-3-7(6-18-2)16-11-4-8(12(15)17)10(14)5-9(11)13/h4-5,7,16H,3,6,14H2,1-2H3,(H2,15,17). The van der Waals surface area contributed by atoms with E-state index in [0.29, 0.717) is 17.3 Å². The first kappa shape index (κ1) is 15.2. The van der Waals surface area contributed by atoms with Gasteiger partial charge in [-0.2, -0.15) is 11.8 Å². The number of hydrogen-bond donors (Lipinski definition) is 3.